The van der Waals surface area contributed by atoms with Crippen molar-refractivity contribution in [2.45, 2.75) is 45.1 Å². The summed E-state index contributed by atoms with van der Waals surface area (Å²) in [6.07, 6.45) is 2.14. The van der Waals surface area contributed by atoms with Gasteiger partial charge in [0.15, 0.2) is 6.10 Å². The van der Waals surface area contributed by atoms with Crippen LogP contribution in [0.4, 0.5) is 5.69 Å². The van der Waals surface area contributed by atoms with Gasteiger partial charge in [0, 0.05) is 17.8 Å². The first-order valence-corrected chi connectivity index (χ1v) is 10.5. The average Bonchev–Trinajstić information content (AvgIpc) is 3.21. The minimum absolute atomic E-state index is 0.0794. The van der Waals surface area contributed by atoms with Crippen LogP contribution in [0.1, 0.15) is 46.8 Å². The van der Waals surface area contributed by atoms with E-state index in [1.165, 1.54) is 18.1 Å². The van der Waals surface area contributed by atoms with Crippen LogP contribution >= 0.6 is 0 Å². The van der Waals surface area contributed by atoms with Gasteiger partial charge in [-0.15, -0.1) is 0 Å². The largest absolute Gasteiger partial charge is 0.452 e. The smallest absolute Gasteiger partial charge is 0.308 e. The van der Waals surface area contributed by atoms with Gasteiger partial charge in [0.1, 0.15) is 0 Å². The molecule has 1 atom stereocenters. The third-order valence-corrected chi connectivity index (χ3v) is 5.72. The minimum Gasteiger partial charge on any atom is -0.452 e. The van der Waals surface area contributed by atoms with Crippen LogP contribution in [-0.2, 0) is 38.4 Å². The highest BCUT2D eigenvalue weighted by atomic mass is 16.5. The van der Waals surface area contributed by atoms with Crippen molar-refractivity contribution in [1.29, 1.82) is 0 Å². The van der Waals surface area contributed by atoms with Gasteiger partial charge in [-0.2, -0.15) is 0 Å². The standard InChI is InChI=1S/C24H24N2O5/c1-15(23(29)25-19-10-9-16-6-4-7-17(16)13-19)31-22(28)11-12-26-21(27)14-18-5-2-3-8-20(18)24(26)30/h2-3,5,8-10,13,15H,4,6-7,11-12,14H2,1H3,(H,25,29)/t15-/m0/s1. The number of amides is 3. The van der Waals surface area contributed by atoms with Gasteiger partial charge in [-0.1, -0.05) is 24.3 Å². The van der Waals surface area contributed by atoms with Crippen LogP contribution in [-0.4, -0.2) is 41.2 Å². The number of esters is 1. The zero-order valence-corrected chi connectivity index (χ0v) is 17.3. The lowest BCUT2D eigenvalue weighted by Gasteiger charge is -2.26. The van der Waals surface area contributed by atoms with Crippen molar-refractivity contribution in [2.24, 2.45) is 0 Å². The van der Waals surface area contributed by atoms with Crippen LogP contribution in [0.25, 0.3) is 0 Å². The number of anilines is 1. The van der Waals surface area contributed by atoms with Crippen molar-refractivity contribution in [2.75, 3.05) is 11.9 Å². The van der Waals surface area contributed by atoms with Gasteiger partial charge in [-0.3, -0.25) is 24.1 Å². The van der Waals surface area contributed by atoms with Crippen molar-refractivity contribution < 1.29 is 23.9 Å². The fraction of sp³-hybridized carbons (Fsp3) is 0.333. The van der Waals surface area contributed by atoms with Gasteiger partial charge < -0.3 is 10.1 Å². The number of imide groups is 1. The first-order valence-electron chi connectivity index (χ1n) is 10.5. The van der Waals surface area contributed by atoms with Gasteiger partial charge in [0.25, 0.3) is 11.8 Å². The Morgan fingerprint density at radius 1 is 1.06 bits per heavy atom. The monoisotopic (exact) mass is 420 g/mol. The van der Waals surface area contributed by atoms with Crippen LogP contribution in [0, 0.1) is 0 Å². The highest BCUT2D eigenvalue weighted by molar-refractivity contribution is 6.09. The molecule has 1 heterocycles. The van der Waals surface area contributed by atoms with Crippen LogP contribution in [0.3, 0.4) is 0 Å². The van der Waals surface area contributed by atoms with E-state index < -0.39 is 23.9 Å². The van der Waals surface area contributed by atoms with Crippen molar-refractivity contribution in [1.82, 2.24) is 4.90 Å². The summed E-state index contributed by atoms with van der Waals surface area (Å²) in [5.74, 6) is -1.83. The minimum atomic E-state index is -0.991. The van der Waals surface area contributed by atoms with Crippen molar-refractivity contribution in [3.8, 4) is 0 Å². The first-order chi connectivity index (χ1) is 14.9. The molecule has 0 bridgehead atoms. The fourth-order valence-corrected chi connectivity index (χ4v) is 4.03. The first kappa shape index (κ1) is 20.8. The van der Waals surface area contributed by atoms with Crippen molar-refractivity contribution in [3.05, 3.63) is 64.7 Å². The topological polar surface area (TPSA) is 92.8 Å². The normalized spacial score (nSPS) is 15.8. The molecule has 2 aliphatic rings. The van der Waals surface area contributed by atoms with Gasteiger partial charge in [0.05, 0.1) is 12.8 Å². The number of aryl methyl sites for hydroxylation is 2. The molecule has 160 valence electrons. The third-order valence-electron chi connectivity index (χ3n) is 5.72. The predicted molar refractivity (Wildman–Crippen MR) is 113 cm³/mol. The number of fused-ring (bicyclic) bond motifs is 2. The molecule has 0 aromatic heterocycles. The van der Waals surface area contributed by atoms with Crippen LogP contribution < -0.4 is 5.32 Å². The molecule has 2 aromatic carbocycles. The molecule has 7 heteroatoms. The molecular weight excluding hydrogens is 396 g/mol. The van der Waals surface area contributed by atoms with E-state index in [1.807, 2.05) is 18.2 Å². The summed E-state index contributed by atoms with van der Waals surface area (Å²) in [6, 6.07) is 12.8. The zero-order chi connectivity index (χ0) is 22.0. The van der Waals surface area contributed by atoms with Crippen LogP contribution in [0.15, 0.2) is 42.5 Å². The maximum Gasteiger partial charge on any atom is 0.308 e. The van der Waals surface area contributed by atoms with Gasteiger partial charge >= 0.3 is 5.97 Å². The molecule has 4 rings (SSSR count). The highest BCUT2D eigenvalue weighted by Crippen LogP contribution is 2.25. The number of benzene rings is 2. The molecule has 0 radical (unpaired) electrons. The quantitative estimate of drug-likeness (QED) is 0.573. The number of rotatable bonds is 6. The number of carbonyl (C=O) groups is 4. The Bertz CT molecular complexity index is 1060. The summed E-state index contributed by atoms with van der Waals surface area (Å²) >= 11 is 0. The van der Waals surface area contributed by atoms with Crippen LogP contribution in [0.2, 0.25) is 0 Å². The molecular formula is C24H24N2O5. The maximum absolute atomic E-state index is 12.5. The summed E-state index contributed by atoms with van der Waals surface area (Å²) in [5, 5.41) is 2.77. The zero-order valence-electron chi connectivity index (χ0n) is 17.3. The van der Waals surface area contributed by atoms with E-state index in [0.29, 0.717) is 16.8 Å². The number of hydrogen-bond donors (Lipinski definition) is 1. The summed E-state index contributed by atoms with van der Waals surface area (Å²) < 4.78 is 5.21. The van der Waals surface area contributed by atoms with Crippen LogP contribution in [0.5, 0.6) is 0 Å². The number of hydrogen-bond acceptors (Lipinski definition) is 5. The summed E-state index contributed by atoms with van der Waals surface area (Å²) in [5.41, 5.74) is 4.38. The molecule has 3 amide bonds. The lowest BCUT2D eigenvalue weighted by Crippen LogP contribution is -2.43. The number of nitrogens with one attached hydrogen (secondary N) is 1. The molecule has 0 unspecified atom stereocenters. The molecule has 1 aliphatic heterocycles. The molecule has 1 aliphatic carbocycles. The fourth-order valence-electron chi connectivity index (χ4n) is 4.03. The molecule has 1 N–H and O–H groups in total. The van der Waals surface area contributed by atoms with E-state index >= 15 is 0 Å². The predicted octanol–water partition coefficient (Wildman–Crippen LogP) is 2.66. The number of nitrogens with zero attached hydrogens (tertiary/aromatic N) is 1. The Morgan fingerprint density at radius 2 is 1.84 bits per heavy atom. The van der Waals surface area contributed by atoms with E-state index in [4.69, 9.17) is 4.74 Å². The molecule has 0 saturated heterocycles. The molecule has 2 aromatic rings. The van der Waals surface area contributed by atoms with E-state index in [-0.39, 0.29) is 25.3 Å². The number of carbonyl (C=O) groups excluding carboxylic acids is 4. The van der Waals surface area contributed by atoms with Crippen molar-refractivity contribution in [3.63, 3.8) is 0 Å². The molecule has 7 nitrogen and oxygen atoms in total. The summed E-state index contributed by atoms with van der Waals surface area (Å²) in [6.45, 7) is 1.41. The Kier molecular flexibility index (Phi) is 5.84. The Morgan fingerprint density at radius 3 is 2.68 bits per heavy atom. The van der Waals surface area contributed by atoms with E-state index in [2.05, 4.69) is 5.32 Å². The Balaban J connectivity index is 1.29. The van der Waals surface area contributed by atoms with E-state index in [9.17, 15) is 19.2 Å². The SMILES string of the molecule is C[C@H](OC(=O)CCN1C(=O)Cc2ccccc2C1=O)C(=O)Nc1ccc2c(c1)CCC2. The second kappa shape index (κ2) is 8.71. The lowest BCUT2D eigenvalue weighted by atomic mass is 9.98. The molecule has 0 spiro atoms. The summed E-state index contributed by atoms with van der Waals surface area (Å²) in [4.78, 5) is 50.5. The second-order valence-electron chi connectivity index (χ2n) is 7.89. The maximum atomic E-state index is 12.5. The molecule has 31 heavy (non-hydrogen) atoms. The van der Waals surface area contributed by atoms with E-state index in [0.717, 1.165) is 24.2 Å². The number of ether oxygens (including phenoxy) is 1. The second-order valence-corrected chi connectivity index (χ2v) is 7.89. The lowest BCUT2D eigenvalue weighted by molar-refractivity contribution is -0.153. The van der Waals surface area contributed by atoms with Gasteiger partial charge in [0.2, 0.25) is 5.91 Å². The molecule has 0 fully saturated rings. The molecule has 0 saturated carbocycles. The van der Waals surface area contributed by atoms with Crippen molar-refractivity contribution >= 4 is 29.4 Å². The Hall–Kier alpha value is -3.48. The summed E-state index contributed by atoms with van der Waals surface area (Å²) in [7, 11) is 0. The van der Waals surface area contributed by atoms with Gasteiger partial charge in [-0.25, -0.2) is 0 Å². The highest BCUT2D eigenvalue weighted by Gasteiger charge is 2.31. The average molecular weight is 420 g/mol. The Labute approximate surface area is 180 Å². The third kappa shape index (κ3) is 4.50. The van der Waals surface area contributed by atoms with Gasteiger partial charge in [-0.05, 0) is 61.1 Å². The van der Waals surface area contributed by atoms with E-state index in [1.54, 1.807) is 24.3 Å².